The fourth-order valence-corrected chi connectivity index (χ4v) is 1.30. The minimum absolute atomic E-state index is 0.0934. The molecule has 0 saturated carbocycles. The quantitative estimate of drug-likeness (QED) is 0.467. The second-order valence-corrected chi connectivity index (χ2v) is 3.63. The Balaban J connectivity index is 2.59. The molecule has 0 spiro atoms. The van der Waals surface area contributed by atoms with E-state index in [-0.39, 0.29) is 24.6 Å². The minimum atomic E-state index is -1.10. The number of rotatable bonds is 5. The largest absolute Gasteiger partial charge is 0.458 e. The molecule has 6 heteroatoms. The lowest BCUT2D eigenvalue weighted by atomic mass is 10.1. The van der Waals surface area contributed by atoms with Crippen molar-refractivity contribution in [2.24, 2.45) is 0 Å². The van der Waals surface area contributed by atoms with Crippen molar-refractivity contribution in [3.63, 3.8) is 0 Å². The van der Waals surface area contributed by atoms with Crippen LogP contribution in [0.4, 0.5) is 0 Å². The van der Waals surface area contributed by atoms with Gasteiger partial charge in [-0.1, -0.05) is 12.1 Å². The normalized spacial score (nSPS) is 9.79. The molecular formula is C13H14O6. The zero-order valence-corrected chi connectivity index (χ0v) is 10.4. The van der Waals surface area contributed by atoms with Gasteiger partial charge in [0.1, 0.15) is 12.4 Å². The van der Waals surface area contributed by atoms with Crippen molar-refractivity contribution in [2.75, 3.05) is 13.2 Å². The molecule has 0 saturated heterocycles. The molecule has 1 N–H and O–H groups in total. The number of esters is 2. The molecule has 1 rings (SSSR count). The Morgan fingerprint density at radius 1 is 1.11 bits per heavy atom. The van der Waals surface area contributed by atoms with Gasteiger partial charge in [-0.05, 0) is 24.6 Å². The number of hydrogen-bond acceptors (Lipinski definition) is 6. The van der Waals surface area contributed by atoms with Crippen LogP contribution in [0.2, 0.25) is 0 Å². The molecule has 0 amide bonds. The average molecular weight is 266 g/mol. The van der Waals surface area contributed by atoms with Crippen LogP contribution in [0, 0.1) is 0 Å². The number of Topliss-reactive ketones (excluding diaryl/α,β-unsaturated/α-hetero) is 1. The Morgan fingerprint density at radius 2 is 1.74 bits per heavy atom. The summed E-state index contributed by atoms with van der Waals surface area (Å²) in [6, 6.07) is 6.05. The second-order valence-electron chi connectivity index (χ2n) is 3.63. The maximum absolute atomic E-state index is 11.2. The Bertz CT molecular complexity index is 463. The Kier molecular flexibility index (Phi) is 5.69. The van der Waals surface area contributed by atoms with Gasteiger partial charge in [0, 0.05) is 6.42 Å². The second kappa shape index (κ2) is 7.27. The number of carbonyl (C=O) groups excluding carboxylic acids is 3. The molecule has 0 unspecified atom stereocenters. The van der Waals surface area contributed by atoms with E-state index in [1.807, 2.05) is 0 Å². The van der Waals surface area contributed by atoms with Gasteiger partial charge in [0.05, 0.1) is 6.61 Å². The van der Waals surface area contributed by atoms with Gasteiger partial charge in [-0.25, -0.2) is 9.59 Å². The molecule has 0 aliphatic heterocycles. The van der Waals surface area contributed by atoms with Crippen LogP contribution in [0.1, 0.15) is 12.5 Å². The van der Waals surface area contributed by atoms with Crippen LogP contribution in [0.3, 0.4) is 0 Å². The van der Waals surface area contributed by atoms with Crippen molar-refractivity contribution < 1.29 is 29.0 Å². The fourth-order valence-electron chi connectivity index (χ4n) is 1.30. The smallest absolute Gasteiger partial charge is 0.422 e. The van der Waals surface area contributed by atoms with Crippen LogP contribution in [0.25, 0.3) is 0 Å². The molecule has 102 valence electrons. The Labute approximate surface area is 109 Å². The molecule has 0 fully saturated rings. The average Bonchev–Trinajstić information content (AvgIpc) is 2.41. The van der Waals surface area contributed by atoms with Crippen LogP contribution in [0.15, 0.2) is 24.3 Å². The number of carbonyl (C=O) groups is 3. The van der Waals surface area contributed by atoms with Crippen molar-refractivity contribution in [1.82, 2.24) is 0 Å². The molecule has 19 heavy (non-hydrogen) atoms. The molecule has 0 atom stereocenters. The van der Waals surface area contributed by atoms with Crippen molar-refractivity contribution in [3.05, 3.63) is 29.8 Å². The van der Waals surface area contributed by atoms with Crippen LogP contribution >= 0.6 is 0 Å². The number of aliphatic hydroxyl groups is 1. The number of ether oxygens (including phenoxy) is 2. The lowest BCUT2D eigenvalue weighted by molar-refractivity contribution is -0.161. The Hall–Kier alpha value is -2.21. The summed E-state index contributed by atoms with van der Waals surface area (Å²) in [6.07, 6.45) is 0.0998. The first-order valence-electron chi connectivity index (χ1n) is 5.67. The van der Waals surface area contributed by atoms with E-state index in [4.69, 9.17) is 9.84 Å². The van der Waals surface area contributed by atoms with Gasteiger partial charge < -0.3 is 14.6 Å². The molecule has 0 aromatic heterocycles. The SMILES string of the molecule is CCOC(=O)C(=O)Oc1ccc(CC(=O)CO)cc1. The van der Waals surface area contributed by atoms with Crippen molar-refractivity contribution >= 4 is 17.7 Å². The van der Waals surface area contributed by atoms with Gasteiger partial charge in [-0.3, -0.25) is 4.79 Å². The highest BCUT2D eigenvalue weighted by Crippen LogP contribution is 2.13. The summed E-state index contributed by atoms with van der Waals surface area (Å²) < 4.78 is 9.25. The molecule has 0 aliphatic rings. The van der Waals surface area contributed by atoms with E-state index in [1.54, 1.807) is 19.1 Å². The zero-order chi connectivity index (χ0) is 14.3. The maximum atomic E-state index is 11.2. The maximum Gasteiger partial charge on any atom is 0.422 e. The van der Waals surface area contributed by atoms with E-state index in [1.165, 1.54) is 12.1 Å². The molecule has 6 nitrogen and oxygen atoms in total. The van der Waals surface area contributed by atoms with Crippen molar-refractivity contribution in [3.8, 4) is 5.75 Å². The van der Waals surface area contributed by atoms with Gasteiger partial charge in [-0.15, -0.1) is 0 Å². The first-order chi connectivity index (χ1) is 9.06. The molecule has 1 aromatic rings. The first kappa shape index (κ1) is 14.8. The number of ketones is 1. The van der Waals surface area contributed by atoms with Gasteiger partial charge in [0.25, 0.3) is 0 Å². The fraction of sp³-hybridized carbons (Fsp3) is 0.308. The van der Waals surface area contributed by atoms with Gasteiger partial charge in [-0.2, -0.15) is 0 Å². The first-order valence-corrected chi connectivity index (χ1v) is 5.67. The molecular weight excluding hydrogens is 252 g/mol. The summed E-state index contributed by atoms with van der Waals surface area (Å²) in [5.41, 5.74) is 0.676. The predicted octanol–water partition coefficient (Wildman–Crippen LogP) is 0.259. The number of benzene rings is 1. The van der Waals surface area contributed by atoms with Gasteiger partial charge >= 0.3 is 11.9 Å². The molecule has 0 radical (unpaired) electrons. The standard InChI is InChI=1S/C13H14O6/c1-2-18-12(16)13(17)19-11-5-3-9(4-6-11)7-10(15)8-14/h3-6,14H,2,7-8H2,1H3. The summed E-state index contributed by atoms with van der Waals surface area (Å²) >= 11 is 0. The third-order valence-corrected chi connectivity index (χ3v) is 2.15. The van der Waals surface area contributed by atoms with E-state index < -0.39 is 18.5 Å². The topological polar surface area (TPSA) is 89.9 Å². The molecule has 0 aliphatic carbocycles. The van der Waals surface area contributed by atoms with Crippen LogP contribution in [-0.2, 0) is 25.5 Å². The van der Waals surface area contributed by atoms with E-state index in [0.29, 0.717) is 5.56 Å². The monoisotopic (exact) mass is 266 g/mol. The van der Waals surface area contributed by atoms with Crippen LogP contribution in [0.5, 0.6) is 5.75 Å². The van der Waals surface area contributed by atoms with Crippen molar-refractivity contribution in [1.29, 1.82) is 0 Å². The van der Waals surface area contributed by atoms with E-state index in [2.05, 4.69) is 4.74 Å². The Morgan fingerprint density at radius 3 is 2.26 bits per heavy atom. The highest BCUT2D eigenvalue weighted by molar-refractivity contribution is 6.30. The summed E-state index contributed by atoms with van der Waals surface area (Å²) in [6.45, 7) is 1.16. The van der Waals surface area contributed by atoms with Gasteiger partial charge in [0.15, 0.2) is 5.78 Å². The summed E-state index contributed by atoms with van der Waals surface area (Å²) in [4.78, 5) is 33.3. The molecule has 1 aromatic carbocycles. The van der Waals surface area contributed by atoms with E-state index >= 15 is 0 Å². The molecule has 0 heterocycles. The number of hydrogen-bond donors (Lipinski definition) is 1. The van der Waals surface area contributed by atoms with Crippen LogP contribution < -0.4 is 4.74 Å². The highest BCUT2D eigenvalue weighted by Gasteiger charge is 2.17. The highest BCUT2D eigenvalue weighted by atomic mass is 16.6. The molecule has 0 bridgehead atoms. The minimum Gasteiger partial charge on any atom is -0.458 e. The van der Waals surface area contributed by atoms with Crippen molar-refractivity contribution in [2.45, 2.75) is 13.3 Å². The van der Waals surface area contributed by atoms with E-state index in [9.17, 15) is 14.4 Å². The van der Waals surface area contributed by atoms with Crippen LogP contribution in [-0.4, -0.2) is 36.0 Å². The van der Waals surface area contributed by atoms with E-state index in [0.717, 1.165) is 0 Å². The summed E-state index contributed by atoms with van der Waals surface area (Å²) in [5, 5.41) is 8.61. The summed E-state index contributed by atoms with van der Waals surface area (Å²) in [5.74, 6) is -2.28. The third kappa shape index (κ3) is 4.89. The third-order valence-electron chi connectivity index (χ3n) is 2.15. The summed E-state index contributed by atoms with van der Waals surface area (Å²) in [7, 11) is 0. The predicted molar refractivity (Wildman–Crippen MR) is 64.5 cm³/mol. The number of aliphatic hydroxyl groups excluding tert-OH is 1. The lowest BCUT2D eigenvalue weighted by Crippen LogP contribution is -2.22. The lowest BCUT2D eigenvalue weighted by Gasteiger charge is -2.04. The van der Waals surface area contributed by atoms with Gasteiger partial charge in [0.2, 0.25) is 0 Å². The zero-order valence-electron chi connectivity index (χ0n) is 10.4.